The summed E-state index contributed by atoms with van der Waals surface area (Å²) in [7, 11) is 0. The smallest absolute Gasteiger partial charge is 0.167 e. The van der Waals surface area contributed by atoms with Crippen LogP contribution in [0.5, 0.6) is 0 Å². The fraction of sp³-hybridized carbons (Fsp3) is 0.545. The fourth-order valence-corrected chi connectivity index (χ4v) is 2.43. The van der Waals surface area contributed by atoms with Crippen molar-refractivity contribution in [1.82, 2.24) is 19.5 Å². The van der Waals surface area contributed by atoms with Crippen molar-refractivity contribution in [3.05, 3.63) is 12.2 Å². The molecule has 4 unspecified atom stereocenters. The SMILES string of the molecule is Cc1nc2c(N)ncnc2n1C1OC(CO)C(O)C1O. The third kappa shape index (κ3) is 1.75. The molecule has 1 aliphatic rings. The van der Waals surface area contributed by atoms with Gasteiger partial charge in [-0.05, 0) is 6.92 Å². The van der Waals surface area contributed by atoms with Gasteiger partial charge in [0.25, 0.3) is 0 Å². The van der Waals surface area contributed by atoms with Gasteiger partial charge in [-0.15, -0.1) is 0 Å². The van der Waals surface area contributed by atoms with Gasteiger partial charge in [0.2, 0.25) is 0 Å². The van der Waals surface area contributed by atoms with E-state index in [0.717, 1.165) is 0 Å². The molecular formula is C11H15N5O4. The second-order valence-electron chi connectivity index (χ2n) is 4.69. The molecule has 20 heavy (non-hydrogen) atoms. The molecule has 2 aromatic rings. The lowest BCUT2D eigenvalue weighted by molar-refractivity contribution is -0.0519. The monoisotopic (exact) mass is 281 g/mol. The molecule has 0 bridgehead atoms. The number of ether oxygens (including phenoxy) is 1. The minimum Gasteiger partial charge on any atom is -0.394 e. The summed E-state index contributed by atoms with van der Waals surface area (Å²) >= 11 is 0. The number of rotatable bonds is 2. The first kappa shape index (κ1) is 13.2. The van der Waals surface area contributed by atoms with Crippen molar-refractivity contribution in [2.45, 2.75) is 31.5 Å². The molecule has 0 amide bonds. The number of anilines is 1. The van der Waals surface area contributed by atoms with Gasteiger partial charge in [-0.3, -0.25) is 4.57 Å². The largest absolute Gasteiger partial charge is 0.394 e. The molecule has 9 nitrogen and oxygen atoms in total. The fourth-order valence-electron chi connectivity index (χ4n) is 2.43. The number of fused-ring (bicyclic) bond motifs is 1. The van der Waals surface area contributed by atoms with Crippen molar-refractivity contribution in [3.63, 3.8) is 0 Å². The molecule has 0 aliphatic carbocycles. The number of nitrogens with zero attached hydrogens (tertiary/aromatic N) is 4. The average Bonchev–Trinajstić information content (AvgIpc) is 2.90. The molecule has 0 radical (unpaired) electrons. The second kappa shape index (κ2) is 4.63. The molecule has 5 N–H and O–H groups in total. The van der Waals surface area contributed by atoms with Crippen molar-refractivity contribution >= 4 is 17.0 Å². The van der Waals surface area contributed by atoms with Crippen LogP contribution < -0.4 is 5.73 Å². The maximum atomic E-state index is 10.1. The molecule has 1 saturated heterocycles. The van der Waals surface area contributed by atoms with Crippen molar-refractivity contribution < 1.29 is 20.1 Å². The van der Waals surface area contributed by atoms with E-state index in [0.29, 0.717) is 17.0 Å². The van der Waals surface area contributed by atoms with E-state index in [4.69, 9.17) is 15.6 Å². The molecule has 108 valence electrons. The first-order chi connectivity index (χ1) is 9.54. The first-order valence-electron chi connectivity index (χ1n) is 6.12. The van der Waals surface area contributed by atoms with Crippen molar-refractivity contribution in [2.75, 3.05) is 12.3 Å². The van der Waals surface area contributed by atoms with Crippen molar-refractivity contribution in [2.24, 2.45) is 0 Å². The van der Waals surface area contributed by atoms with Crippen LogP contribution in [0.3, 0.4) is 0 Å². The second-order valence-corrected chi connectivity index (χ2v) is 4.69. The Kier molecular flexibility index (Phi) is 3.05. The van der Waals surface area contributed by atoms with Crippen LogP contribution >= 0.6 is 0 Å². The molecule has 0 saturated carbocycles. The van der Waals surface area contributed by atoms with Gasteiger partial charge in [-0.1, -0.05) is 0 Å². The number of aliphatic hydroxyl groups is 3. The van der Waals surface area contributed by atoms with Crippen LogP contribution in [-0.4, -0.2) is 59.8 Å². The van der Waals surface area contributed by atoms with E-state index in [9.17, 15) is 10.2 Å². The summed E-state index contributed by atoms with van der Waals surface area (Å²) in [6.45, 7) is 1.31. The van der Waals surface area contributed by atoms with Crippen LogP contribution in [0.15, 0.2) is 6.33 Å². The number of aromatic nitrogens is 4. The predicted octanol–water partition coefficient (Wildman–Crippen LogP) is -1.67. The Hall–Kier alpha value is -1.81. The summed E-state index contributed by atoms with van der Waals surface area (Å²) < 4.78 is 7.02. The third-order valence-corrected chi connectivity index (χ3v) is 3.45. The molecule has 3 heterocycles. The molecule has 9 heteroatoms. The lowest BCUT2D eigenvalue weighted by Crippen LogP contribution is -2.33. The van der Waals surface area contributed by atoms with Crippen LogP contribution in [0, 0.1) is 6.92 Å². The Morgan fingerprint density at radius 2 is 2.10 bits per heavy atom. The molecule has 0 spiro atoms. The lowest BCUT2D eigenvalue weighted by Gasteiger charge is -2.18. The number of imidazole rings is 1. The summed E-state index contributed by atoms with van der Waals surface area (Å²) in [6.07, 6.45) is -2.83. The Morgan fingerprint density at radius 1 is 1.35 bits per heavy atom. The van der Waals surface area contributed by atoms with Crippen molar-refractivity contribution in [1.29, 1.82) is 0 Å². The normalized spacial score (nSPS) is 30.2. The number of nitrogen functional groups attached to an aromatic ring is 1. The summed E-state index contributed by atoms with van der Waals surface area (Å²) in [5, 5.41) is 29.0. The van der Waals surface area contributed by atoms with E-state index in [-0.39, 0.29) is 5.82 Å². The predicted molar refractivity (Wildman–Crippen MR) is 67.5 cm³/mol. The number of nitrogens with two attached hydrogens (primary N) is 1. The van der Waals surface area contributed by atoms with Crippen LogP contribution in [0.25, 0.3) is 11.2 Å². The van der Waals surface area contributed by atoms with Gasteiger partial charge in [-0.25, -0.2) is 15.0 Å². The molecule has 3 rings (SSSR count). The van der Waals surface area contributed by atoms with Gasteiger partial charge in [0, 0.05) is 0 Å². The number of hydrogen-bond donors (Lipinski definition) is 4. The molecular weight excluding hydrogens is 266 g/mol. The Labute approximate surface area is 113 Å². The maximum absolute atomic E-state index is 10.1. The highest BCUT2D eigenvalue weighted by atomic mass is 16.6. The molecule has 0 aromatic carbocycles. The minimum atomic E-state index is -1.19. The van der Waals surface area contributed by atoms with E-state index in [1.807, 2.05) is 0 Å². The van der Waals surface area contributed by atoms with Crippen LogP contribution in [0.2, 0.25) is 0 Å². The zero-order valence-corrected chi connectivity index (χ0v) is 10.7. The quantitative estimate of drug-likeness (QED) is 0.512. The van der Waals surface area contributed by atoms with Gasteiger partial charge in [0.1, 0.15) is 30.5 Å². The first-order valence-corrected chi connectivity index (χ1v) is 6.12. The Balaban J connectivity index is 2.11. The molecule has 1 aliphatic heterocycles. The number of aryl methyl sites for hydroxylation is 1. The number of aliphatic hydroxyl groups excluding tert-OH is 3. The van der Waals surface area contributed by atoms with Gasteiger partial charge in [0.05, 0.1) is 6.61 Å². The van der Waals surface area contributed by atoms with Crippen LogP contribution in [0.4, 0.5) is 5.82 Å². The minimum absolute atomic E-state index is 0.226. The Bertz CT molecular complexity index is 645. The highest BCUT2D eigenvalue weighted by molar-refractivity contribution is 5.81. The van der Waals surface area contributed by atoms with E-state index in [1.54, 1.807) is 6.92 Å². The number of hydrogen-bond acceptors (Lipinski definition) is 8. The van der Waals surface area contributed by atoms with Crippen molar-refractivity contribution in [3.8, 4) is 0 Å². The lowest BCUT2D eigenvalue weighted by atomic mass is 10.1. The third-order valence-electron chi connectivity index (χ3n) is 3.45. The highest BCUT2D eigenvalue weighted by Gasteiger charge is 2.44. The van der Waals surface area contributed by atoms with Gasteiger partial charge in [-0.2, -0.15) is 0 Å². The van der Waals surface area contributed by atoms with Gasteiger partial charge in [0.15, 0.2) is 23.2 Å². The molecule has 2 aromatic heterocycles. The van der Waals surface area contributed by atoms with Crippen LogP contribution in [0.1, 0.15) is 12.1 Å². The topological polar surface area (TPSA) is 140 Å². The zero-order valence-electron chi connectivity index (χ0n) is 10.7. The van der Waals surface area contributed by atoms with Gasteiger partial charge >= 0.3 is 0 Å². The van der Waals surface area contributed by atoms with Crippen LogP contribution in [-0.2, 0) is 4.74 Å². The highest BCUT2D eigenvalue weighted by Crippen LogP contribution is 2.33. The van der Waals surface area contributed by atoms with E-state index in [1.165, 1.54) is 10.9 Å². The zero-order chi connectivity index (χ0) is 14.4. The van der Waals surface area contributed by atoms with E-state index in [2.05, 4.69) is 15.0 Å². The maximum Gasteiger partial charge on any atom is 0.167 e. The summed E-state index contributed by atoms with van der Waals surface area (Å²) in [5.41, 5.74) is 6.55. The Morgan fingerprint density at radius 3 is 2.75 bits per heavy atom. The molecule has 1 fully saturated rings. The average molecular weight is 281 g/mol. The standard InChI is InChI=1S/C11H15N5O4/c1-4-15-6-9(12)13-3-14-10(6)16(4)11-8(19)7(18)5(2-17)20-11/h3,5,7-8,11,17-19H,2H2,1H3,(H2,12,13,14). The van der Waals surface area contributed by atoms with E-state index < -0.39 is 31.1 Å². The summed E-state index contributed by atoms with van der Waals surface area (Å²) in [5.74, 6) is 0.741. The van der Waals surface area contributed by atoms with Gasteiger partial charge < -0.3 is 25.8 Å². The van der Waals surface area contributed by atoms with E-state index >= 15 is 0 Å². The summed E-state index contributed by atoms with van der Waals surface area (Å²) in [6, 6.07) is 0. The summed E-state index contributed by atoms with van der Waals surface area (Å²) in [4.78, 5) is 12.2. The molecule has 4 atom stereocenters.